The number of anilines is 1. The monoisotopic (exact) mass is 350 g/mol. The zero-order valence-electron chi connectivity index (χ0n) is 12.1. The third kappa shape index (κ3) is 2.52. The molecule has 1 N–H and O–H groups in total. The minimum Gasteiger partial charge on any atom is -0.422 e. The van der Waals surface area contributed by atoms with Crippen LogP contribution in [0.5, 0.6) is 5.75 Å². The number of ether oxygens (including phenoxy) is 1. The molecule has 1 saturated heterocycles. The first-order valence-corrected chi connectivity index (χ1v) is 9.59. The molecule has 1 aromatic heterocycles. The van der Waals surface area contributed by atoms with E-state index in [4.69, 9.17) is 4.74 Å². The number of hydrogen-bond acceptors (Lipinski definition) is 6. The predicted molar refractivity (Wildman–Crippen MR) is 86.4 cm³/mol. The molecule has 0 saturated carbocycles. The van der Waals surface area contributed by atoms with Crippen LogP contribution in [-0.4, -0.2) is 27.1 Å². The Morgan fingerprint density at radius 1 is 1.35 bits per heavy atom. The summed E-state index contributed by atoms with van der Waals surface area (Å²) < 4.78 is 32.8. The normalized spacial score (nSPS) is 21.6. The van der Waals surface area contributed by atoms with Crippen molar-refractivity contribution in [2.45, 2.75) is 23.9 Å². The SMILES string of the molecule is O=C(Oc1ccc2c(c1)S(=O)(=O)NC1CCCN21)c1cccs1. The molecule has 1 fully saturated rings. The van der Waals surface area contributed by atoms with E-state index in [2.05, 4.69) is 4.72 Å². The molecule has 120 valence electrons. The van der Waals surface area contributed by atoms with Gasteiger partial charge in [-0.3, -0.25) is 0 Å². The molecule has 23 heavy (non-hydrogen) atoms. The average molecular weight is 350 g/mol. The van der Waals surface area contributed by atoms with E-state index in [0.29, 0.717) is 10.6 Å². The molecule has 0 amide bonds. The number of nitrogens with zero attached hydrogens (tertiary/aromatic N) is 1. The molecule has 2 aliphatic rings. The van der Waals surface area contributed by atoms with Gasteiger partial charge in [0.05, 0.1) is 11.9 Å². The topological polar surface area (TPSA) is 75.7 Å². The molecule has 8 heteroatoms. The van der Waals surface area contributed by atoms with Crippen LogP contribution in [0.2, 0.25) is 0 Å². The van der Waals surface area contributed by atoms with Crippen LogP contribution >= 0.6 is 11.3 Å². The molecule has 0 radical (unpaired) electrons. The van der Waals surface area contributed by atoms with Crippen molar-refractivity contribution in [3.05, 3.63) is 40.6 Å². The van der Waals surface area contributed by atoms with Crippen molar-refractivity contribution >= 4 is 33.0 Å². The van der Waals surface area contributed by atoms with Crippen molar-refractivity contribution in [2.75, 3.05) is 11.4 Å². The van der Waals surface area contributed by atoms with E-state index in [1.807, 2.05) is 4.90 Å². The molecule has 0 spiro atoms. The lowest BCUT2D eigenvalue weighted by molar-refractivity contribution is 0.0739. The predicted octanol–water partition coefficient (Wildman–Crippen LogP) is 2.19. The van der Waals surface area contributed by atoms with Crippen LogP contribution in [0.3, 0.4) is 0 Å². The van der Waals surface area contributed by atoms with Gasteiger partial charge in [-0.1, -0.05) is 6.07 Å². The maximum absolute atomic E-state index is 12.4. The fourth-order valence-corrected chi connectivity index (χ4v) is 5.04. The largest absolute Gasteiger partial charge is 0.422 e. The Balaban J connectivity index is 1.69. The van der Waals surface area contributed by atoms with Crippen molar-refractivity contribution in [2.24, 2.45) is 0 Å². The van der Waals surface area contributed by atoms with Gasteiger partial charge in [-0.2, -0.15) is 4.72 Å². The zero-order valence-corrected chi connectivity index (χ0v) is 13.7. The second-order valence-corrected chi connectivity index (χ2v) is 8.10. The summed E-state index contributed by atoms with van der Waals surface area (Å²) in [5, 5.41) is 1.78. The molecule has 1 unspecified atom stereocenters. The second kappa shape index (κ2) is 5.33. The van der Waals surface area contributed by atoms with E-state index < -0.39 is 16.0 Å². The van der Waals surface area contributed by atoms with Crippen LogP contribution in [0.25, 0.3) is 0 Å². The maximum atomic E-state index is 12.4. The van der Waals surface area contributed by atoms with Gasteiger partial charge in [0.2, 0.25) is 10.0 Å². The van der Waals surface area contributed by atoms with Gasteiger partial charge in [0.15, 0.2) is 0 Å². The lowest BCUT2D eigenvalue weighted by Crippen LogP contribution is -2.48. The van der Waals surface area contributed by atoms with E-state index in [-0.39, 0.29) is 16.8 Å². The van der Waals surface area contributed by atoms with Gasteiger partial charge in [-0.05, 0) is 36.4 Å². The highest BCUT2D eigenvalue weighted by Crippen LogP contribution is 2.37. The molecule has 4 rings (SSSR count). The van der Waals surface area contributed by atoms with Crippen LogP contribution in [0, 0.1) is 0 Å². The maximum Gasteiger partial charge on any atom is 0.353 e. The number of hydrogen-bond donors (Lipinski definition) is 1. The molecule has 1 aromatic carbocycles. The molecular weight excluding hydrogens is 336 g/mol. The summed E-state index contributed by atoms with van der Waals surface area (Å²) in [7, 11) is -3.59. The van der Waals surface area contributed by atoms with Gasteiger partial charge in [-0.15, -0.1) is 11.3 Å². The Kier molecular flexibility index (Phi) is 3.40. The fourth-order valence-electron chi connectivity index (χ4n) is 2.98. The highest BCUT2D eigenvalue weighted by Gasteiger charge is 2.37. The number of thiophene rings is 1. The highest BCUT2D eigenvalue weighted by molar-refractivity contribution is 7.89. The van der Waals surface area contributed by atoms with E-state index in [1.165, 1.54) is 17.4 Å². The third-order valence-corrected chi connectivity index (χ3v) is 6.35. The average Bonchev–Trinajstić information content (AvgIpc) is 3.17. The number of nitrogens with one attached hydrogen (secondary N) is 1. The summed E-state index contributed by atoms with van der Waals surface area (Å²) >= 11 is 1.28. The zero-order chi connectivity index (χ0) is 16.0. The number of benzene rings is 1. The minimum absolute atomic E-state index is 0.159. The summed E-state index contributed by atoms with van der Waals surface area (Å²) in [5.41, 5.74) is 0.669. The Bertz CT molecular complexity index is 862. The Morgan fingerprint density at radius 2 is 2.22 bits per heavy atom. The molecule has 1 atom stereocenters. The number of carbonyl (C=O) groups is 1. The van der Waals surface area contributed by atoms with E-state index in [9.17, 15) is 13.2 Å². The van der Waals surface area contributed by atoms with Crippen LogP contribution in [-0.2, 0) is 10.0 Å². The van der Waals surface area contributed by atoms with Crippen LogP contribution in [0.15, 0.2) is 40.6 Å². The summed E-state index contributed by atoms with van der Waals surface area (Å²) in [6, 6.07) is 8.19. The van der Waals surface area contributed by atoms with Crippen molar-refractivity contribution in [1.82, 2.24) is 4.72 Å². The van der Waals surface area contributed by atoms with Gasteiger partial charge in [-0.25, -0.2) is 13.2 Å². The Labute approximate surface area is 137 Å². The van der Waals surface area contributed by atoms with E-state index in [1.54, 1.807) is 29.6 Å². The molecule has 2 aromatic rings. The lowest BCUT2D eigenvalue weighted by Gasteiger charge is -2.33. The minimum atomic E-state index is -3.59. The van der Waals surface area contributed by atoms with Crippen LogP contribution in [0.1, 0.15) is 22.5 Å². The first-order valence-electron chi connectivity index (χ1n) is 7.23. The lowest BCUT2D eigenvalue weighted by atomic mass is 10.2. The summed E-state index contributed by atoms with van der Waals surface area (Å²) in [4.78, 5) is 14.7. The van der Waals surface area contributed by atoms with Crippen LogP contribution < -0.4 is 14.4 Å². The van der Waals surface area contributed by atoms with Crippen molar-refractivity contribution in [3.8, 4) is 5.75 Å². The molecule has 2 aliphatic heterocycles. The van der Waals surface area contributed by atoms with E-state index >= 15 is 0 Å². The number of esters is 1. The number of fused-ring (bicyclic) bond motifs is 3. The molecule has 3 heterocycles. The van der Waals surface area contributed by atoms with Crippen LogP contribution in [0.4, 0.5) is 5.69 Å². The summed E-state index contributed by atoms with van der Waals surface area (Å²) in [6.07, 6.45) is 1.57. The second-order valence-electron chi connectivity index (χ2n) is 5.47. The van der Waals surface area contributed by atoms with Gasteiger partial charge in [0.1, 0.15) is 15.5 Å². The molecule has 0 bridgehead atoms. The van der Waals surface area contributed by atoms with Gasteiger partial charge in [0, 0.05) is 12.6 Å². The number of rotatable bonds is 2. The van der Waals surface area contributed by atoms with Gasteiger partial charge < -0.3 is 9.64 Å². The first kappa shape index (κ1) is 14.7. The summed E-state index contributed by atoms with van der Waals surface area (Å²) in [6.45, 7) is 0.814. The van der Waals surface area contributed by atoms with Crippen molar-refractivity contribution < 1.29 is 17.9 Å². The number of sulfonamides is 1. The summed E-state index contributed by atoms with van der Waals surface area (Å²) in [5.74, 6) is -0.259. The van der Waals surface area contributed by atoms with Gasteiger partial charge in [0.25, 0.3) is 0 Å². The van der Waals surface area contributed by atoms with Crippen molar-refractivity contribution in [3.63, 3.8) is 0 Å². The number of carbonyl (C=O) groups excluding carboxylic acids is 1. The molecule has 6 nitrogen and oxygen atoms in total. The quantitative estimate of drug-likeness (QED) is 0.664. The fraction of sp³-hybridized carbons (Fsp3) is 0.267. The van der Waals surface area contributed by atoms with Crippen molar-refractivity contribution in [1.29, 1.82) is 0 Å². The highest BCUT2D eigenvalue weighted by atomic mass is 32.2. The molecule has 0 aliphatic carbocycles. The smallest absolute Gasteiger partial charge is 0.353 e. The Hall–Kier alpha value is -1.90. The standard InChI is InChI=1S/C15H14N2O4S2/c18-15(12-3-2-8-22-12)21-10-5-6-11-13(9-10)23(19,20)16-14-4-1-7-17(11)14/h2-3,5-6,8-9,14,16H,1,4,7H2. The third-order valence-electron chi connectivity index (χ3n) is 4.01. The van der Waals surface area contributed by atoms with E-state index in [0.717, 1.165) is 19.4 Å². The van der Waals surface area contributed by atoms with Gasteiger partial charge >= 0.3 is 5.97 Å². The Morgan fingerprint density at radius 3 is 3.00 bits per heavy atom. The first-order chi connectivity index (χ1) is 11.0. The molecular formula is C15H14N2O4S2.